The second kappa shape index (κ2) is 4.83. The molecule has 2 aromatic rings. The number of anilines is 1. The van der Waals surface area contributed by atoms with Crippen LogP contribution >= 0.6 is 11.3 Å². The molecule has 0 bridgehead atoms. The molecule has 2 aromatic heterocycles. The van der Waals surface area contributed by atoms with Gasteiger partial charge in [-0.15, -0.1) is 11.3 Å². The Morgan fingerprint density at radius 2 is 2.25 bits per heavy atom. The van der Waals surface area contributed by atoms with Gasteiger partial charge in [0, 0.05) is 23.7 Å². The lowest BCUT2D eigenvalue weighted by Gasteiger charge is -2.32. The summed E-state index contributed by atoms with van der Waals surface area (Å²) < 4.78 is 27.0. The van der Waals surface area contributed by atoms with E-state index in [0.29, 0.717) is 6.54 Å². The number of nitrogen functional groups attached to an aromatic ring is 1. The average Bonchev–Trinajstić information content (AvgIpc) is 2.88. The van der Waals surface area contributed by atoms with Crippen LogP contribution in [0.15, 0.2) is 34.7 Å². The second-order valence-corrected chi connectivity index (χ2v) is 7.59. The zero-order chi connectivity index (χ0) is 14.3. The summed E-state index contributed by atoms with van der Waals surface area (Å²) in [6, 6.07) is 4.93. The van der Waals surface area contributed by atoms with Crippen LogP contribution in [0, 0.1) is 0 Å². The molecule has 0 fully saturated rings. The molecule has 7 heteroatoms. The van der Waals surface area contributed by atoms with E-state index in [1.54, 1.807) is 17.4 Å². The first-order chi connectivity index (χ1) is 9.51. The maximum Gasteiger partial charge on any atom is 0.247 e. The van der Waals surface area contributed by atoms with Gasteiger partial charge in [0.25, 0.3) is 0 Å². The van der Waals surface area contributed by atoms with Gasteiger partial charge in [-0.05, 0) is 42.5 Å². The Labute approximate surface area is 122 Å². The predicted molar refractivity (Wildman–Crippen MR) is 79.0 cm³/mol. The monoisotopic (exact) mass is 309 g/mol. The minimum atomic E-state index is -3.61. The Hall–Kier alpha value is -1.44. The van der Waals surface area contributed by atoms with Crippen molar-refractivity contribution in [3.05, 3.63) is 40.2 Å². The molecule has 1 unspecified atom stereocenters. The summed E-state index contributed by atoms with van der Waals surface area (Å²) in [7, 11) is -3.61. The summed E-state index contributed by atoms with van der Waals surface area (Å²) in [6.07, 6.45) is 2.24. The van der Waals surface area contributed by atoms with Crippen molar-refractivity contribution in [3.8, 4) is 0 Å². The molecule has 20 heavy (non-hydrogen) atoms. The smallest absolute Gasteiger partial charge is 0.247 e. The largest absolute Gasteiger partial charge is 0.383 e. The maximum atomic E-state index is 12.8. The average molecular weight is 309 g/mol. The highest BCUT2D eigenvalue weighted by Gasteiger charge is 2.35. The lowest BCUT2D eigenvalue weighted by Crippen LogP contribution is -2.38. The Balaban J connectivity index is 2.04. The molecule has 3 rings (SSSR count). The van der Waals surface area contributed by atoms with Crippen molar-refractivity contribution in [2.24, 2.45) is 0 Å². The van der Waals surface area contributed by atoms with Crippen molar-refractivity contribution >= 4 is 27.2 Å². The molecule has 0 aromatic carbocycles. The van der Waals surface area contributed by atoms with Gasteiger partial charge in [-0.3, -0.25) is 0 Å². The van der Waals surface area contributed by atoms with Gasteiger partial charge in [-0.2, -0.15) is 4.31 Å². The van der Waals surface area contributed by atoms with Gasteiger partial charge in [0.1, 0.15) is 10.7 Å². The quantitative estimate of drug-likeness (QED) is 0.921. The van der Waals surface area contributed by atoms with Gasteiger partial charge in [-0.1, -0.05) is 0 Å². The van der Waals surface area contributed by atoms with E-state index < -0.39 is 10.0 Å². The SMILES string of the molecule is CC1c2ccsc2CCN1S(=O)(=O)c1cccnc1N. The van der Waals surface area contributed by atoms with Crippen LogP contribution in [0.3, 0.4) is 0 Å². The molecule has 0 amide bonds. The van der Waals surface area contributed by atoms with E-state index in [1.165, 1.54) is 21.4 Å². The number of fused-ring (bicyclic) bond motifs is 1. The molecule has 3 heterocycles. The molecule has 0 aliphatic carbocycles. The molecule has 1 atom stereocenters. The first kappa shape index (κ1) is 13.5. The number of aromatic nitrogens is 1. The summed E-state index contributed by atoms with van der Waals surface area (Å²) in [5, 5.41) is 2.01. The Morgan fingerprint density at radius 3 is 3.00 bits per heavy atom. The summed E-state index contributed by atoms with van der Waals surface area (Å²) in [5.41, 5.74) is 6.81. The first-order valence-electron chi connectivity index (χ1n) is 6.30. The molecule has 0 saturated heterocycles. The molecule has 0 radical (unpaired) electrons. The molecular weight excluding hydrogens is 294 g/mol. The Kier molecular flexibility index (Phi) is 3.27. The van der Waals surface area contributed by atoms with E-state index in [4.69, 9.17) is 5.73 Å². The van der Waals surface area contributed by atoms with Crippen molar-refractivity contribution in [1.29, 1.82) is 0 Å². The topological polar surface area (TPSA) is 76.3 Å². The van der Waals surface area contributed by atoms with Crippen LogP contribution < -0.4 is 5.73 Å². The maximum absolute atomic E-state index is 12.8. The number of hydrogen-bond acceptors (Lipinski definition) is 5. The minimum Gasteiger partial charge on any atom is -0.383 e. The number of nitrogens with two attached hydrogens (primary N) is 1. The summed E-state index contributed by atoms with van der Waals surface area (Å²) in [5.74, 6) is 0.0517. The summed E-state index contributed by atoms with van der Waals surface area (Å²) >= 11 is 1.68. The zero-order valence-corrected chi connectivity index (χ0v) is 12.6. The number of sulfonamides is 1. The highest BCUT2D eigenvalue weighted by Crippen LogP contribution is 2.36. The van der Waals surface area contributed by atoms with Crippen molar-refractivity contribution in [2.75, 3.05) is 12.3 Å². The lowest BCUT2D eigenvalue weighted by molar-refractivity contribution is 0.329. The third-order valence-electron chi connectivity index (χ3n) is 3.61. The zero-order valence-electron chi connectivity index (χ0n) is 11.0. The molecule has 5 nitrogen and oxygen atoms in total. The molecule has 1 aliphatic rings. The van der Waals surface area contributed by atoms with Crippen molar-refractivity contribution in [1.82, 2.24) is 9.29 Å². The van der Waals surface area contributed by atoms with Crippen LogP contribution in [-0.4, -0.2) is 24.3 Å². The number of pyridine rings is 1. The molecular formula is C13H15N3O2S2. The highest BCUT2D eigenvalue weighted by molar-refractivity contribution is 7.89. The van der Waals surface area contributed by atoms with Gasteiger partial charge < -0.3 is 5.73 Å². The minimum absolute atomic E-state index is 0.0517. The number of thiophene rings is 1. The summed E-state index contributed by atoms with van der Waals surface area (Å²) in [6.45, 7) is 2.39. The normalized spacial score (nSPS) is 19.8. The fourth-order valence-corrected chi connectivity index (χ4v) is 5.21. The molecule has 2 N–H and O–H groups in total. The predicted octanol–water partition coefficient (Wildman–Crippen LogP) is 2.03. The van der Waals surface area contributed by atoms with Gasteiger partial charge in [0.2, 0.25) is 10.0 Å². The second-order valence-electron chi connectivity index (χ2n) is 4.73. The number of nitrogens with zero attached hydrogens (tertiary/aromatic N) is 2. The van der Waals surface area contributed by atoms with Gasteiger partial charge in [-0.25, -0.2) is 13.4 Å². The van der Waals surface area contributed by atoms with E-state index in [-0.39, 0.29) is 16.8 Å². The van der Waals surface area contributed by atoms with E-state index >= 15 is 0 Å². The molecule has 0 saturated carbocycles. The van der Waals surface area contributed by atoms with E-state index in [9.17, 15) is 8.42 Å². The fraction of sp³-hybridized carbons (Fsp3) is 0.308. The van der Waals surface area contributed by atoms with Gasteiger partial charge in [0.05, 0.1) is 0 Å². The van der Waals surface area contributed by atoms with Gasteiger partial charge >= 0.3 is 0 Å². The third kappa shape index (κ3) is 2.02. The summed E-state index contributed by atoms with van der Waals surface area (Å²) in [4.78, 5) is 5.23. The van der Waals surface area contributed by atoms with E-state index in [1.807, 2.05) is 18.4 Å². The standard InChI is InChI=1S/C13H15N3O2S2/c1-9-10-5-8-19-11(10)4-7-16(9)20(17,18)12-3-2-6-15-13(12)14/h2-3,5-6,8-9H,4,7H2,1H3,(H2,14,15). The Bertz CT molecular complexity index is 740. The van der Waals surface area contributed by atoms with Crippen LogP contribution in [0.25, 0.3) is 0 Å². The Morgan fingerprint density at radius 1 is 1.45 bits per heavy atom. The lowest BCUT2D eigenvalue weighted by atomic mass is 10.0. The highest BCUT2D eigenvalue weighted by atomic mass is 32.2. The first-order valence-corrected chi connectivity index (χ1v) is 8.62. The van der Waals surface area contributed by atoms with Crippen LogP contribution in [-0.2, 0) is 16.4 Å². The van der Waals surface area contributed by atoms with E-state index in [0.717, 1.165) is 12.0 Å². The van der Waals surface area contributed by atoms with Crippen molar-refractivity contribution in [2.45, 2.75) is 24.3 Å². The van der Waals surface area contributed by atoms with E-state index in [2.05, 4.69) is 4.98 Å². The molecule has 1 aliphatic heterocycles. The molecule has 0 spiro atoms. The number of hydrogen-bond donors (Lipinski definition) is 1. The fourth-order valence-electron chi connectivity index (χ4n) is 2.56. The van der Waals surface area contributed by atoms with Crippen molar-refractivity contribution in [3.63, 3.8) is 0 Å². The number of rotatable bonds is 2. The van der Waals surface area contributed by atoms with Crippen LogP contribution in [0.4, 0.5) is 5.82 Å². The third-order valence-corrected chi connectivity index (χ3v) is 6.62. The van der Waals surface area contributed by atoms with Crippen LogP contribution in [0.5, 0.6) is 0 Å². The molecule has 106 valence electrons. The van der Waals surface area contributed by atoms with Crippen molar-refractivity contribution < 1.29 is 8.42 Å². The van der Waals surface area contributed by atoms with Gasteiger partial charge in [0.15, 0.2) is 0 Å². The van der Waals surface area contributed by atoms with Crippen LogP contribution in [0.1, 0.15) is 23.4 Å². The van der Waals surface area contributed by atoms with Crippen LogP contribution in [0.2, 0.25) is 0 Å².